The van der Waals surface area contributed by atoms with Gasteiger partial charge in [-0.05, 0) is 32.4 Å². The van der Waals surface area contributed by atoms with E-state index in [2.05, 4.69) is 4.74 Å². The third-order valence-corrected chi connectivity index (χ3v) is 2.97. The van der Waals surface area contributed by atoms with Crippen LogP contribution in [0.3, 0.4) is 0 Å². The Hall–Kier alpha value is -0.780. The summed E-state index contributed by atoms with van der Waals surface area (Å²) in [6.45, 7) is 1.68. The summed E-state index contributed by atoms with van der Waals surface area (Å²) in [6, 6.07) is 0. The molecule has 1 rings (SSSR count). The highest BCUT2D eigenvalue weighted by atomic mass is 19.4. The molecule has 6 heteroatoms. The van der Waals surface area contributed by atoms with Crippen molar-refractivity contribution in [2.45, 2.75) is 31.9 Å². The molecule has 1 saturated heterocycles. The SMILES string of the molecule is COC(=O)C1CCCN(CCCC(F)(F)F)C1. The minimum absolute atomic E-state index is 0.0946. The molecule has 0 spiro atoms. The van der Waals surface area contributed by atoms with Crippen LogP contribution in [-0.2, 0) is 9.53 Å². The number of carbonyl (C=O) groups is 1. The molecule has 17 heavy (non-hydrogen) atoms. The maximum absolute atomic E-state index is 12.0. The first-order valence-electron chi connectivity index (χ1n) is 5.79. The second-order valence-corrected chi connectivity index (χ2v) is 4.38. The van der Waals surface area contributed by atoms with Crippen molar-refractivity contribution in [1.82, 2.24) is 4.90 Å². The summed E-state index contributed by atoms with van der Waals surface area (Å²) in [5.74, 6) is -0.440. The van der Waals surface area contributed by atoms with Gasteiger partial charge in [0.15, 0.2) is 0 Å². The van der Waals surface area contributed by atoms with Gasteiger partial charge in [-0.3, -0.25) is 4.79 Å². The molecule has 0 bridgehead atoms. The predicted molar refractivity (Wildman–Crippen MR) is 56.5 cm³/mol. The normalized spacial score (nSPS) is 22.5. The number of esters is 1. The zero-order valence-corrected chi connectivity index (χ0v) is 9.92. The van der Waals surface area contributed by atoms with E-state index in [-0.39, 0.29) is 18.3 Å². The molecule has 0 radical (unpaired) electrons. The average molecular weight is 253 g/mol. The van der Waals surface area contributed by atoms with Crippen molar-refractivity contribution in [2.24, 2.45) is 5.92 Å². The van der Waals surface area contributed by atoms with Crippen molar-refractivity contribution in [3.8, 4) is 0 Å². The number of nitrogens with zero attached hydrogens (tertiary/aromatic N) is 1. The fourth-order valence-corrected chi connectivity index (χ4v) is 2.12. The number of methoxy groups -OCH3 is 1. The summed E-state index contributed by atoms with van der Waals surface area (Å²) >= 11 is 0. The Balaban J connectivity index is 2.28. The Bertz CT molecular complexity index is 256. The lowest BCUT2D eigenvalue weighted by atomic mass is 9.98. The fraction of sp³-hybridized carbons (Fsp3) is 0.909. The molecule has 0 aromatic carbocycles. The molecular weight excluding hydrogens is 235 g/mol. The zero-order valence-electron chi connectivity index (χ0n) is 9.92. The number of ether oxygens (including phenoxy) is 1. The van der Waals surface area contributed by atoms with Crippen LogP contribution in [0, 0.1) is 5.92 Å². The minimum Gasteiger partial charge on any atom is -0.469 e. The Morgan fingerprint density at radius 1 is 1.47 bits per heavy atom. The Kier molecular flexibility index (Phi) is 5.24. The smallest absolute Gasteiger partial charge is 0.389 e. The van der Waals surface area contributed by atoms with Gasteiger partial charge in [-0.1, -0.05) is 0 Å². The first-order chi connectivity index (χ1) is 7.92. The van der Waals surface area contributed by atoms with E-state index in [9.17, 15) is 18.0 Å². The van der Waals surface area contributed by atoms with E-state index in [0.29, 0.717) is 13.1 Å². The molecule has 0 aliphatic carbocycles. The third kappa shape index (κ3) is 5.39. The molecule has 1 atom stereocenters. The number of halogens is 3. The van der Waals surface area contributed by atoms with Crippen LogP contribution in [0.5, 0.6) is 0 Å². The van der Waals surface area contributed by atoms with Crippen molar-refractivity contribution in [3.63, 3.8) is 0 Å². The number of hydrogen-bond donors (Lipinski definition) is 0. The number of piperidine rings is 1. The second-order valence-electron chi connectivity index (χ2n) is 4.38. The van der Waals surface area contributed by atoms with Gasteiger partial charge in [-0.2, -0.15) is 13.2 Å². The van der Waals surface area contributed by atoms with Crippen molar-refractivity contribution >= 4 is 5.97 Å². The summed E-state index contributed by atoms with van der Waals surface area (Å²) in [5.41, 5.74) is 0. The van der Waals surface area contributed by atoms with E-state index in [0.717, 1.165) is 19.4 Å². The monoisotopic (exact) mass is 253 g/mol. The lowest BCUT2D eigenvalue weighted by molar-refractivity contribution is -0.148. The van der Waals surface area contributed by atoms with E-state index in [4.69, 9.17) is 0 Å². The van der Waals surface area contributed by atoms with E-state index in [1.165, 1.54) is 7.11 Å². The van der Waals surface area contributed by atoms with E-state index in [1.54, 1.807) is 0 Å². The molecule has 0 aromatic heterocycles. The lowest BCUT2D eigenvalue weighted by Gasteiger charge is -2.31. The van der Waals surface area contributed by atoms with Crippen molar-refractivity contribution in [1.29, 1.82) is 0 Å². The van der Waals surface area contributed by atoms with Gasteiger partial charge in [-0.15, -0.1) is 0 Å². The number of rotatable bonds is 4. The summed E-state index contributed by atoms with van der Waals surface area (Å²) in [5, 5.41) is 0. The van der Waals surface area contributed by atoms with Gasteiger partial charge in [0.2, 0.25) is 0 Å². The van der Waals surface area contributed by atoms with E-state index >= 15 is 0 Å². The molecule has 1 unspecified atom stereocenters. The first kappa shape index (κ1) is 14.3. The fourth-order valence-electron chi connectivity index (χ4n) is 2.12. The quantitative estimate of drug-likeness (QED) is 0.719. The van der Waals surface area contributed by atoms with Crippen LogP contribution in [-0.4, -0.2) is 43.8 Å². The standard InChI is InChI=1S/C11H18F3NO2/c1-17-10(16)9-4-2-6-15(8-9)7-3-5-11(12,13)14/h9H,2-8H2,1H3. The molecule has 1 fully saturated rings. The Labute approximate surface area is 98.9 Å². The Morgan fingerprint density at radius 2 is 2.18 bits per heavy atom. The molecule has 0 saturated carbocycles. The predicted octanol–water partition coefficient (Wildman–Crippen LogP) is 2.21. The zero-order chi connectivity index (χ0) is 12.9. The van der Waals surface area contributed by atoms with Crippen LogP contribution in [0.25, 0.3) is 0 Å². The summed E-state index contributed by atoms with van der Waals surface area (Å²) in [4.78, 5) is 13.2. The van der Waals surface area contributed by atoms with Gasteiger partial charge in [0.1, 0.15) is 0 Å². The highest BCUT2D eigenvalue weighted by Crippen LogP contribution is 2.23. The minimum atomic E-state index is -4.09. The van der Waals surface area contributed by atoms with Crippen molar-refractivity contribution < 1.29 is 22.7 Å². The van der Waals surface area contributed by atoms with Crippen molar-refractivity contribution in [3.05, 3.63) is 0 Å². The Morgan fingerprint density at radius 3 is 2.76 bits per heavy atom. The van der Waals surface area contributed by atoms with E-state index in [1.807, 2.05) is 4.90 Å². The van der Waals surface area contributed by atoms with Gasteiger partial charge in [0.05, 0.1) is 13.0 Å². The number of hydrogen-bond acceptors (Lipinski definition) is 3. The number of alkyl halides is 3. The highest BCUT2D eigenvalue weighted by molar-refractivity contribution is 5.72. The average Bonchev–Trinajstić information content (AvgIpc) is 2.27. The molecule has 0 amide bonds. The van der Waals surface area contributed by atoms with Crippen LogP contribution in [0.2, 0.25) is 0 Å². The van der Waals surface area contributed by atoms with Gasteiger partial charge in [0.25, 0.3) is 0 Å². The molecular formula is C11H18F3NO2. The molecule has 0 aromatic rings. The maximum atomic E-state index is 12.0. The maximum Gasteiger partial charge on any atom is 0.389 e. The number of likely N-dealkylation sites (tertiary alicyclic amines) is 1. The lowest BCUT2D eigenvalue weighted by Crippen LogP contribution is -2.39. The topological polar surface area (TPSA) is 29.5 Å². The van der Waals surface area contributed by atoms with Gasteiger partial charge in [0, 0.05) is 13.0 Å². The van der Waals surface area contributed by atoms with Gasteiger partial charge in [-0.25, -0.2) is 0 Å². The third-order valence-electron chi connectivity index (χ3n) is 2.97. The summed E-state index contributed by atoms with van der Waals surface area (Å²) in [6.07, 6.45) is -3.14. The van der Waals surface area contributed by atoms with Gasteiger partial charge < -0.3 is 9.64 Å². The largest absolute Gasteiger partial charge is 0.469 e. The summed E-state index contributed by atoms with van der Waals surface area (Å²) in [7, 11) is 1.34. The van der Waals surface area contributed by atoms with Crippen LogP contribution in [0.1, 0.15) is 25.7 Å². The van der Waals surface area contributed by atoms with Crippen LogP contribution < -0.4 is 0 Å². The number of carbonyl (C=O) groups excluding carboxylic acids is 1. The molecule has 1 aliphatic rings. The molecule has 0 N–H and O–H groups in total. The molecule has 3 nitrogen and oxygen atoms in total. The van der Waals surface area contributed by atoms with Crippen molar-refractivity contribution in [2.75, 3.05) is 26.7 Å². The van der Waals surface area contributed by atoms with Crippen LogP contribution in [0.4, 0.5) is 13.2 Å². The van der Waals surface area contributed by atoms with E-state index < -0.39 is 12.6 Å². The molecule has 1 aliphatic heterocycles. The highest BCUT2D eigenvalue weighted by Gasteiger charge is 2.29. The molecule has 1 heterocycles. The van der Waals surface area contributed by atoms with Crippen LogP contribution in [0.15, 0.2) is 0 Å². The second kappa shape index (κ2) is 6.23. The van der Waals surface area contributed by atoms with Gasteiger partial charge >= 0.3 is 12.1 Å². The van der Waals surface area contributed by atoms with Crippen LogP contribution >= 0.6 is 0 Å². The summed E-state index contributed by atoms with van der Waals surface area (Å²) < 4.78 is 40.6. The molecule has 100 valence electrons. The first-order valence-corrected chi connectivity index (χ1v) is 5.79.